The minimum absolute atomic E-state index is 0.0792. The average Bonchev–Trinajstić information content (AvgIpc) is 2.81. The van der Waals surface area contributed by atoms with Crippen LogP contribution in [0.1, 0.15) is 17.1 Å². The van der Waals surface area contributed by atoms with Crippen molar-refractivity contribution >= 4 is 28.8 Å². The van der Waals surface area contributed by atoms with Gasteiger partial charge < -0.3 is 10.2 Å². The molecule has 17 heavy (non-hydrogen) atoms. The summed E-state index contributed by atoms with van der Waals surface area (Å²) in [5, 5.41) is 5.71. The van der Waals surface area contributed by atoms with Gasteiger partial charge in [-0.15, -0.1) is 22.9 Å². The van der Waals surface area contributed by atoms with Gasteiger partial charge in [0.15, 0.2) is 0 Å². The summed E-state index contributed by atoms with van der Waals surface area (Å²) >= 11 is 7.34. The van der Waals surface area contributed by atoms with Crippen molar-refractivity contribution in [1.29, 1.82) is 0 Å². The summed E-state index contributed by atoms with van der Waals surface area (Å²) in [5.74, 6) is 0.554. The van der Waals surface area contributed by atoms with E-state index in [4.69, 9.17) is 11.6 Å². The molecule has 0 spiro atoms. The predicted molar refractivity (Wildman–Crippen MR) is 71.6 cm³/mol. The minimum atomic E-state index is 0.0792. The van der Waals surface area contributed by atoms with Crippen molar-refractivity contribution in [2.75, 3.05) is 27.2 Å². The summed E-state index contributed by atoms with van der Waals surface area (Å²) in [6.45, 7) is 1.68. The maximum Gasteiger partial charge on any atom is 0.221 e. The fraction of sp³-hybridized carbons (Fsp3) is 0.636. The van der Waals surface area contributed by atoms with Gasteiger partial charge in [-0.3, -0.25) is 4.79 Å². The van der Waals surface area contributed by atoms with Gasteiger partial charge >= 0.3 is 0 Å². The first-order chi connectivity index (χ1) is 8.15. The molecule has 0 fully saturated rings. The van der Waals surface area contributed by atoms with Gasteiger partial charge in [0, 0.05) is 38.4 Å². The van der Waals surface area contributed by atoms with Gasteiger partial charge in [0.05, 0.1) is 16.6 Å². The van der Waals surface area contributed by atoms with E-state index in [0.29, 0.717) is 12.3 Å². The summed E-state index contributed by atoms with van der Waals surface area (Å²) < 4.78 is 0. The van der Waals surface area contributed by atoms with Crippen molar-refractivity contribution in [1.82, 2.24) is 15.2 Å². The fourth-order valence-electron chi connectivity index (χ4n) is 1.34. The highest BCUT2D eigenvalue weighted by molar-refractivity contribution is 7.09. The molecule has 0 atom stereocenters. The lowest BCUT2D eigenvalue weighted by Gasteiger charge is -2.14. The second kappa shape index (κ2) is 7.63. The zero-order chi connectivity index (χ0) is 12.7. The van der Waals surface area contributed by atoms with Crippen molar-refractivity contribution < 1.29 is 4.79 Å². The molecule has 0 unspecified atom stereocenters. The number of nitrogens with zero attached hydrogens (tertiary/aromatic N) is 2. The first-order valence-electron chi connectivity index (χ1n) is 5.54. The summed E-state index contributed by atoms with van der Waals surface area (Å²) in [7, 11) is 3.67. The molecule has 96 valence electrons. The lowest BCUT2D eigenvalue weighted by atomic mass is 10.3. The summed E-state index contributed by atoms with van der Waals surface area (Å²) in [6.07, 6.45) is 1.45. The van der Waals surface area contributed by atoms with Crippen LogP contribution >= 0.6 is 22.9 Å². The molecule has 1 aromatic heterocycles. The SMILES string of the molecule is CNC(=O)CCN(C)CCc1nc(CCl)cs1. The first-order valence-corrected chi connectivity index (χ1v) is 6.95. The number of likely N-dealkylation sites (N-methyl/N-ethyl adjacent to an activating group) is 1. The Balaban J connectivity index is 2.23. The number of carbonyl (C=O) groups excluding carboxylic acids is 1. The van der Waals surface area contributed by atoms with Crippen molar-refractivity contribution in [3.63, 3.8) is 0 Å². The van der Waals surface area contributed by atoms with E-state index in [9.17, 15) is 4.79 Å². The summed E-state index contributed by atoms with van der Waals surface area (Å²) in [5.41, 5.74) is 0.944. The number of amides is 1. The quantitative estimate of drug-likeness (QED) is 0.767. The normalized spacial score (nSPS) is 10.8. The molecule has 4 nitrogen and oxygen atoms in total. The molecule has 0 saturated heterocycles. The van der Waals surface area contributed by atoms with Gasteiger partial charge in [0.25, 0.3) is 0 Å². The van der Waals surface area contributed by atoms with Crippen molar-refractivity contribution in [3.8, 4) is 0 Å². The molecule has 1 heterocycles. The van der Waals surface area contributed by atoms with Crippen LogP contribution in [-0.4, -0.2) is 43.0 Å². The maximum absolute atomic E-state index is 11.1. The van der Waals surface area contributed by atoms with Crippen molar-refractivity contribution in [3.05, 3.63) is 16.1 Å². The Bertz CT molecular complexity index is 356. The monoisotopic (exact) mass is 275 g/mol. The summed E-state index contributed by atoms with van der Waals surface area (Å²) in [4.78, 5) is 17.6. The Labute approximate surface area is 111 Å². The molecule has 1 amide bonds. The number of alkyl halides is 1. The highest BCUT2D eigenvalue weighted by atomic mass is 35.5. The van der Waals surface area contributed by atoms with E-state index in [-0.39, 0.29) is 5.91 Å². The third-order valence-corrected chi connectivity index (χ3v) is 3.67. The van der Waals surface area contributed by atoms with E-state index in [2.05, 4.69) is 15.2 Å². The Morgan fingerprint density at radius 2 is 2.35 bits per heavy atom. The van der Waals surface area contributed by atoms with Crippen LogP contribution < -0.4 is 5.32 Å². The third-order valence-electron chi connectivity index (χ3n) is 2.44. The van der Waals surface area contributed by atoms with Gasteiger partial charge in [0.1, 0.15) is 0 Å². The van der Waals surface area contributed by atoms with Crippen LogP contribution in [0.5, 0.6) is 0 Å². The lowest BCUT2D eigenvalue weighted by molar-refractivity contribution is -0.120. The Kier molecular flexibility index (Phi) is 6.47. The Hall–Kier alpha value is -0.650. The van der Waals surface area contributed by atoms with E-state index in [1.807, 2.05) is 12.4 Å². The molecule has 1 aromatic rings. The predicted octanol–water partition coefficient (Wildman–Crippen LogP) is 1.49. The molecular formula is C11H18ClN3OS. The molecule has 1 rings (SSSR count). The second-order valence-electron chi connectivity index (χ2n) is 3.84. The Morgan fingerprint density at radius 1 is 1.59 bits per heavy atom. The van der Waals surface area contributed by atoms with E-state index in [1.54, 1.807) is 18.4 Å². The van der Waals surface area contributed by atoms with Crippen molar-refractivity contribution in [2.24, 2.45) is 0 Å². The number of nitrogens with one attached hydrogen (secondary N) is 1. The molecule has 0 aliphatic heterocycles. The topological polar surface area (TPSA) is 45.2 Å². The van der Waals surface area contributed by atoms with Gasteiger partial charge in [-0.2, -0.15) is 0 Å². The molecule has 1 N–H and O–H groups in total. The van der Waals surface area contributed by atoms with Gasteiger partial charge in [0.2, 0.25) is 5.91 Å². The molecule has 6 heteroatoms. The number of aromatic nitrogens is 1. The van der Waals surface area contributed by atoms with Crippen LogP contribution in [0.15, 0.2) is 5.38 Å². The van der Waals surface area contributed by atoms with Crippen LogP contribution in [0.25, 0.3) is 0 Å². The van der Waals surface area contributed by atoms with Crippen LogP contribution in [-0.2, 0) is 17.1 Å². The van der Waals surface area contributed by atoms with Gasteiger partial charge in [-0.25, -0.2) is 4.98 Å². The van der Waals surface area contributed by atoms with E-state index < -0.39 is 0 Å². The molecule has 0 saturated carbocycles. The lowest BCUT2D eigenvalue weighted by Crippen LogP contribution is -2.27. The van der Waals surface area contributed by atoms with Crippen LogP contribution in [0.3, 0.4) is 0 Å². The van der Waals surface area contributed by atoms with E-state index in [0.717, 1.165) is 30.2 Å². The molecule has 0 aliphatic carbocycles. The third kappa shape index (κ3) is 5.48. The molecule has 0 radical (unpaired) electrons. The highest BCUT2D eigenvalue weighted by Gasteiger charge is 2.05. The first kappa shape index (κ1) is 14.4. The van der Waals surface area contributed by atoms with Crippen molar-refractivity contribution in [2.45, 2.75) is 18.7 Å². The molecule has 0 aliphatic rings. The summed E-state index contributed by atoms with van der Waals surface area (Å²) in [6, 6.07) is 0. The molecular weight excluding hydrogens is 258 g/mol. The van der Waals surface area contributed by atoms with Crippen LogP contribution in [0.2, 0.25) is 0 Å². The number of hydrogen-bond acceptors (Lipinski definition) is 4. The maximum atomic E-state index is 11.1. The van der Waals surface area contributed by atoms with E-state index in [1.165, 1.54) is 0 Å². The molecule has 0 bridgehead atoms. The number of thiazole rings is 1. The van der Waals surface area contributed by atoms with Gasteiger partial charge in [-0.1, -0.05) is 0 Å². The average molecular weight is 276 g/mol. The smallest absolute Gasteiger partial charge is 0.221 e. The highest BCUT2D eigenvalue weighted by Crippen LogP contribution is 2.12. The second-order valence-corrected chi connectivity index (χ2v) is 5.05. The zero-order valence-corrected chi connectivity index (χ0v) is 11.8. The minimum Gasteiger partial charge on any atom is -0.359 e. The van der Waals surface area contributed by atoms with Gasteiger partial charge in [-0.05, 0) is 7.05 Å². The van der Waals surface area contributed by atoms with E-state index >= 15 is 0 Å². The number of rotatable bonds is 7. The number of carbonyl (C=O) groups is 1. The standard InChI is InChI=1S/C11H18ClN3OS/c1-13-10(16)3-5-15(2)6-4-11-14-9(7-12)8-17-11/h8H,3-7H2,1-2H3,(H,13,16). The fourth-order valence-corrected chi connectivity index (χ4v) is 2.36. The van der Waals surface area contributed by atoms with Crippen LogP contribution in [0.4, 0.5) is 0 Å². The van der Waals surface area contributed by atoms with Crippen LogP contribution in [0, 0.1) is 0 Å². The zero-order valence-electron chi connectivity index (χ0n) is 10.2. The Morgan fingerprint density at radius 3 is 2.94 bits per heavy atom. The largest absolute Gasteiger partial charge is 0.359 e. The molecule has 0 aromatic carbocycles. The number of halogens is 1. The number of hydrogen-bond donors (Lipinski definition) is 1.